The number of rotatable bonds is 3. The summed E-state index contributed by atoms with van der Waals surface area (Å²) in [6.45, 7) is 0. The highest BCUT2D eigenvalue weighted by Crippen LogP contribution is 2.30. The molecular weight excluding hydrogens is 282 g/mol. The van der Waals surface area contributed by atoms with Gasteiger partial charge in [-0.3, -0.25) is 0 Å². The number of hydrogen-bond donors (Lipinski definition) is 1. The summed E-state index contributed by atoms with van der Waals surface area (Å²) >= 11 is 13.0. The molecule has 17 heavy (non-hydrogen) atoms. The molecule has 2 rings (SSSR count). The van der Waals surface area contributed by atoms with Crippen LogP contribution in [-0.2, 0) is 6.42 Å². The first-order chi connectivity index (χ1) is 8.06. The molecule has 0 saturated heterocycles. The van der Waals surface area contributed by atoms with Gasteiger partial charge in [0.05, 0.1) is 10.4 Å². The van der Waals surface area contributed by atoms with Gasteiger partial charge in [0.1, 0.15) is 5.82 Å². The van der Waals surface area contributed by atoms with Crippen molar-refractivity contribution in [1.82, 2.24) is 0 Å². The zero-order chi connectivity index (χ0) is 12.4. The van der Waals surface area contributed by atoms with E-state index in [4.69, 9.17) is 23.2 Å². The molecule has 1 unspecified atom stereocenters. The van der Waals surface area contributed by atoms with Crippen molar-refractivity contribution < 1.29 is 9.50 Å². The van der Waals surface area contributed by atoms with E-state index in [0.717, 1.165) is 4.88 Å². The molecule has 1 N–H and O–H groups in total. The lowest BCUT2D eigenvalue weighted by molar-refractivity contribution is 0.182. The maximum Gasteiger partial charge on any atom is 0.123 e. The first kappa shape index (κ1) is 12.8. The lowest BCUT2D eigenvalue weighted by Crippen LogP contribution is -2.00. The fraction of sp³-hybridized carbons (Fsp3) is 0.167. The molecule has 5 heteroatoms. The minimum absolute atomic E-state index is 0.271. The van der Waals surface area contributed by atoms with E-state index < -0.39 is 6.10 Å². The smallest absolute Gasteiger partial charge is 0.123 e. The Bertz CT molecular complexity index is 527. The molecule has 1 nitrogen and oxygen atoms in total. The highest BCUT2D eigenvalue weighted by molar-refractivity contribution is 7.16. The van der Waals surface area contributed by atoms with Crippen LogP contribution in [0.2, 0.25) is 9.36 Å². The van der Waals surface area contributed by atoms with Gasteiger partial charge in [-0.2, -0.15) is 0 Å². The SMILES string of the molecule is OC(Cc1cc(F)ccc1Cl)c1ccc(Cl)s1. The number of aliphatic hydroxyl groups is 1. The summed E-state index contributed by atoms with van der Waals surface area (Å²) in [5, 5.41) is 10.4. The normalized spacial score (nSPS) is 12.7. The monoisotopic (exact) mass is 290 g/mol. The first-order valence-corrected chi connectivity index (χ1v) is 6.51. The quantitative estimate of drug-likeness (QED) is 0.884. The van der Waals surface area contributed by atoms with E-state index in [0.29, 0.717) is 14.9 Å². The van der Waals surface area contributed by atoms with Crippen molar-refractivity contribution >= 4 is 34.5 Å². The summed E-state index contributed by atoms with van der Waals surface area (Å²) in [4.78, 5) is 0.746. The molecule has 1 aromatic heterocycles. The summed E-state index contributed by atoms with van der Waals surface area (Å²) in [6.07, 6.45) is -0.445. The predicted octanol–water partition coefficient (Wildman–Crippen LogP) is 4.47. The van der Waals surface area contributed by atoms with E-state index >= 15 is 0 Å². The van der Waals surface area contributed by atoms with E-state index in [9.17, 15) is 9.50 Å². The Kier molecular flexibility index (Phi) is 4.05. The third kappa shape index (κ3) is 3.19. The van der Waals surface area contributed by atoms with Crippen molar-refractivity contribution in [3.05, 3.63) is 55.9 Å². The third-order valence-electron chi connectivity index (χ3n) is 2.34. The van der Waals surface area contributed by atoms with Crippen LogP contribution in [0, 0.1) is 5.82 Å². The molecule has 1 heterocycles. The maximum absolute atomic E-state index is 13.0. The fourth-order valence-electron chi connectivity index (χ4n) is 1.52. The second-order valence-corrected chi connectivity index (χ2v) is 5.75. The summed E-state index contributed by atoms with van der Waals surface area (Å²) in [7, 11) is 0. The standard InChI is InChI=1S/C12H9Cl2FOS/c13-9-2-1-8(15)5-7(9)6-10(16)11-3-4-12(14)17-11/h1-5,10,16H,6H2. The molecule has 0 radical (unpaired) electrons. The van der Waals surface area contributed by atoms with Crippen LogP contribution in [0.25, 0.3) is 0 Å². The van der Waals surface area contributed by atoms with Crippen molar-refractivity contribution in [2.45, 2.75) is 12.5 Å². The average Bonchev–Trinajstić information content (AvgIpc) is 2.70. The maximum atomic E-state index is 13.0. The van der Waals surface area contributed by atoms with Gasteiger partial charge < -0.3 is 5.11 Å². The van der Waals surface area contributed by atoms with Gasteiger partial charge in [-0.05, 0) is 35.9 Å². The lowest BCUT2D eigenvalue weighted by atomic mass is 10.1. The minimum Gasteiger partial charge on any atom is -0.387 e. The summed E-state index contributed by atoms with van der Waals surface area (Å²) in [5.74, 6) is -0.360. The van der Waals surface area contributed by atoms with Crippen LogP contribution in [0.15, 0.2) is 30.3 Å². The summed E-state index contributed by atoms with van der Waals surface area (Å²) < 4.78 is 13.7. The summed E-state index contributed by atoms with van der Waals surface area (Å²) in [6, 6.07) is 7.59. The van der Waals surface area contributed by atoms with Crippen LogP contribution >= 0.6 is 34.5 Å². The Balaban J connectivity index is 2.18. The molecule has 90 valence electrons. The van der Waals surface area contributed by atoms with E-state index in [2.05, 4.69) is 0 Å². The molecule has 0 aliphatic heterocycles. The number of aliphatic hydroxyl groups excluding tert-OH is 1. The average molecular weight is 291 g/mol. The Morgan fingerprint density at radius 1 is 1.24 bits per heavy atom. The summed E-state index contributed by atoms with van der Waals surface area (Å²) in [5.41, 5.74) is 0.587. The van der Waals surface area contributed by atoms with Crippen LogP contribution < -0.4 is 0 Å². The minimum atomic E-state index is -0.716. The zero-order valence-electron chi connectivity index (χ0n) is 8.66. The van der Waals surface area contributed by atoms with E-state index in [1.54, 1.807) is 12.1 Å². The van der Waals surface area contributed by atoms with Gasteiger partial charge in [0, 0.05) is 16.3 Å². The zero-order valence-corrected chi connectivity index (χ0v) is 11.0. The van der Waals surface area contributed by atoms with E-state index in [1.165, 1.54) is 29.5 Å². The molecule has 1 aromatic carbocycles. The Labute approximate surface area is 112 Å². The van der Waals surface area contributed by atoms with Crippen molar-refractivity contribution in [3.63, 3.8) is 0 Å². The van der Waals surface area contributed by atoms with E-state index in [1.807, 2.05) is 0 Å². The van der Waals surface area contributed by atoms with Crippen molar-refractivity contribution in [2.24, 2.45) is 0 Å². The van der Waals surface area contributed by atoms with Crippen LogP contribution in [-0.4, -0.2) is 5.11 Å². The van der Waals surface area contributed by atoms with Gasteiger partial charge >= 0.3 is 0 Å². The predicted molar refractivity (Wildman–Crippen MR) is 69.4 cm³/mol. The van der Waals surface area contributed by atoms with E-state index in [-0.39, 0.29) is 12.2 Å². The van der Waals surface area contributed by atoms with Crippen LogP contribution in [0.4, 0.5) is 4.39 Å². The van der Waals surface area contributed by atoms with Gasteiger partial charge in [0.25, 0.3) is 0 Å². The van der Waals surface area contributed by atoms with Crippen LogP contribution in [0.3, 0.4) is 0 Å². The lowest BCUT2D eigenvalue weighted by Gasteiger charge is -2.10. The Morgan fingerprint density at radius 3 is 2.65 bits per heavy atom. The first-order valence-electron chi connectivity index (χ1n) is 4.93. The highest BCUT2D eigenvalue weighted by atomic mass is 35.5. The molecule has 0 aliphatic rings. The molecule has 0 saturated carbocycles. The molecular formula is C12H9Cl2FOS. The number of halogens is 3. The fourth-order valence-corrected chi connectivity index (χ4v) is 2.76. The number of thiophene rings is 1. The van der Waals surface area contributed by atoms with Gasteiger partial charge in [0.15, 0.2) is 0 Å². The third-order valence-corrected chi connectivity index (χ3v) is 4.04. The molecule has 0 fully saturated rings. The van der Waals surface area contributed by atoms with Crippen molar-refractivity contribution in [1.29, 1.82) is 0 Å². The molecule has 1 atom stereocenters. The van der Waals surface area contributed by atoms with Gasteiger partial charge in [0.2, 0.25) is 0 Å². The van der Waals surface area contributed by atoms with Crippen molar-refractivity contribution in [3.8, 4) is 0 Å². The Morgan fingerprint density at radius 2 is 2.00 bits per heavy atom. The number of hydrogen-bond acceptors (Lipinski definition) is 2. The van der Waals surface area contributed by atoms with Crippen molar-refractivity contribution in [2.75, 3.05) is 0 Å². The highest BCUT2D eigenvalue weighted by Gasteiger charge is 2.13. The molecule has 0 aliphatic carbocycles. The largest absolute Gasteiger partial charge is 0.387 e. The Hall–Kier alpha value is -0.610. The van der Waals surface area contributed by atoms with Gasteiger partial charge in [-0.15, -0.1) is 11.3 Å². The molecule has 0 bridgehead atoms. The van der Waals surface area contributed by atoms with Gasteiger partial charge in [-0.25, -0.2) is 4.39 Å². The van der Waals surface area contributed by atoms with Crippen LogP contribution in [0.1, 0.15) is 16.5 Å². The van der Waals surface area contributed by atoms with Gasteiger partial charge in [-0.1, -0.05) is 23.2 Å². The molecule has 2 aromatic rings. The second-order valence-electron chi connectivity index (χ2n) is 3.60. The second kappa shape index (κ2) is 5.36. The molecule has 0 amide bonds. The molecule has 0 spiro atoms. The van der Waals surface area contributed by atoms with Crippen LogP contribution in [0.5, 0.6) is 0 Å². The topological polar surface area (TPSA) is 20.2 Å². The number of benzene rings is 1.